The summed E-state index contributed by atoms with van der Waals surface area (Å²) in [6.45, 7) is 6.50. The molecular weight excluding hydrogens is 698 g/mol. The van der Waals surface area contributed by atoms with Crippen LogP contribution in [0.2, 0.25) is 0 Å². The Morgan fingerprint density at radius 1 is 0.434 bits per heavy atom. The third-order valence-corrected chi connectivity index (χ3v) is 10.3. The quantitative estimate of drug-likeness (QED) is 0.0868. The molecule has 6 aromatic carbocycles. The first-order valence-corrected chi connectivity index (χ1v) is 20.1. The fourth-order valence-electron chi connectivity index (χ4n) is 5.88. The van der Waals surface area contributed by atoms with Crippen LogP contribution in [0.25, 0.3) is 12.2 Å². The summed E-state index contributed by atoms with van der Waals surface area (Å²) < 4.78 is 39.1. The lowest BCUT2D eigenvalue weighted by Crippen LogP contribution is -2.31. The highest BCUT2D eigenvalue weighted by atomic mass is 31.2. The molecule has 270 valence electrons. The third kappa shape index (κ3) is 10.4. The summed E-state index contributed by atoms with van der Waals surface area (Å²) in [4.78, 5) is 0. The van der Waals surface area contributed by atoms with Gasteiger partial charge in [0.2, 0.25) is 0 Å². The van der Waals surface area contributed by atoms with E-state index in [9.17, 15) is 0 Å². The van der Waals surface area contributed by atoms with E-state index in [1.165, 1.54) is 0 Å². The molecule has 0 aliphatic rings. The number of benzene rings is 6. The van der Waals surface area contributed by atoms with E-state index in [0.717, 1.165) is 40.8 Å². The molecule has 0 radical (unpaired) electrons. The van der Waals surface area contributed by atoms with Gasteiger partial charge < -0.3 is 27.1 Å². The predicted molar refractivity (Wildman–Crippen MR) is 217 cm³/mol. The first-order valence-electron chi connectivity index (χ1n) is 18.0. The van der Waals surface area contributed by atoms with Crippen molar-refractivity contribution >= 4 is 29.4 Å². The summed E-state index contributed by atoms with van der Waals surface area (Å²) in [7, 11) is -3.81. The molecule has 6 nitrogen and oxygen atoms in total. The number of hydrogen-bond acceptors (Lipinski definition) is 6. The Labute approximate surface area is 315 Å². The first-order chi connectivity index (χ1) is 26.1. The van der Waals surface area contributed by atoms with Crippen molar-refractivity contribution in [3.8, 4) is 34.5 Å². The normalized spacial score (nSPS) is 12.4. The minimum atomic E-state index is -1.91. The fraction of sp³-hybridized carbons (Fsp3) is 0.156. The zero-order chi connectivity index (χ0) is 36.7. The van der Waals surface area contributed by atoms with Crippen LogP contribution in [0, 0.1) is 0 Å². The van der Waals surface area contributed by atoms with Crippen molar-refractivity contribution in [3.05, 3.63) is 179 Å². The maximum atomic E-state index is 6.86. The van der Waals surface area contributed by atoms with Crippen LogP contribution in [0.15, 0.2) is 158 Å². The lowest BCUT2D eigenvalue weighted by molar-refractivity contribution is 0.383. The molecule has 0 amide bonds. The van der Waals surface area contributed by atoms with Gasteiger partial charge in [0.05, 0.1) is 0 Å². The molecule has 0 N–H and O–H groups in total. The average Bonchev–Trinajstić information content (AvgIpc) is 3.19. The van der Waals surface area contributed by atoms with Crippen molar-refractivity contribution in [3.63, 3.8) is 0 Å². The largest absolute Gasteiger partial charge is 0.530 e. The van der Waals surface area contributed by atoms with Gasteiger partial charge in [-0.05, 0) is 90.4 Å². The van der Waals surface area contributed by atoms with Crippen LogP contribution in [0.3, 0.4) is 0 Å². The minimum Gasteiger partial charge on any atom is -0.409 e. The Balaban J connectivity index is 1.44. The van der Waals surface area contributed by atoms with E-state index in [0.29, 0.717) is 34.5 Å². The van der Waals surface area contributed by atoms with Gasteiger partial charge in [-0.3, -0.25) is 0 Å². The summed E-state index contributed by atoms with van der Waals surface area (Å²) in [5.41, 5.74) is 2.02. The van der Waals surface area contributed by atoms with Crippen LogP contribution in [-0.4, -0.2) is 0 Å². The highest BCUT2D eigenvalue weighted by Crippen LogP contribution is 2.48. The molecule has 0 fully saturated rings. The molecule has 0 aliphatic carbocycles. The molecule has 0 aromatic heterocycles. The molecule has 53 heavy (non-hydrogen) atoms. The summed E-state index contributed by atoms with van der Waals surface area (Å²) in [5, 5.41) is 2.26. The van der Waals surface area contributed by atoms with Crippen molar-refractivity contribution in [2.45, 2.75) is 46.0 Å². The lowest BCUT2D eigenvalue weighted by atomic mass is 9.86. The minimum absolute atomic E-state index is 0.139. The van der Waals surface area contributed by atoms with Crippen LogP contribution >= 0.6 is 17.2 Å². The van der Waals surface area contributed by atoms with E-state index in [2.05, 4.69) is 45.1 Å². The van der Waals surface area contributed by atoms with Crippen LogP contribution in [-0.2, 0) is 0 Å². The molecule has 8 heteroatoms. The molecule has 1 atom stereocenters. The van der Waals surface area contributed by atoms with Crippen molar-refractivity contribution < 1.29 is 27.1 Å². The van der Waals surface area contributed by atoms with Gasteiger partial charge in [-0.2, -0.15) is 0 Å². The van der Waals surface area contributed by atoms with Gasteiger partial charge in [-0.1, -0.05) is 130 Å². The maximum Gasteiger partial charge on any atom is 0.530 e. The van der Waals surface area contributed by atoms with E-state index < -0.39 is 17.2 Å². The van der Waals surface area contributed by atoms with Gasteiger partial charge in [0.25, 0.3) is 0 Å². The van der Waals surface area contributed by atoms with E-state index >= 15 is 0 Å². The molecule has 0 heterocycles. The molecule has 0 bridgehead atoms. The Kier molecular flexibility index (Phi) is 13.8. The van der Waals surface area contributed by atoms with Gasteiger partial charge in [0, 0.05) is 17.0 Å². The van der Waals surface area contributed by atoms with Crippen molar-refractivity contribution in [1.82, 2.24) is 0 Å². The van der Waals surface area contributed by atoms with Crippen LogP contribution in [0.5, 0.6) is 34.5 Å². The van der Waals surface area contributed by atoms with E-state index in [1.807, 2.05) is 146 Å². The average molecular weight is 743 g/mol. The van der Waals surface area contributed by atoms with Crippen molar-refractivity contribution in [2.75, 3.05) is 0 Å². The van der Waals surface area contributed by atoms with Gasteiger partial charge in [-0.15, -0.1) is 0 Å². The standard InChI is InChI=1S/C45H44O6P2/c1-4-21-35-33-34-44(51-53(48-38-27-15-9-16-28-38)49-39-29-17-10-18-30-39)45(41(35)22-5-2)40(6-3)42-31-19-20-32-43(42)50-52(46-36-23-11-7-12-24-36)47-37-25-13-8-14-26-37/h7-34,40H,4-6H2,1-3H3. The highest BCUT2D eigenvalue weighted by Gasteiger charge is 2.29. The van der Waals surface area contributed by atoms with Crippen LogP contribution in [0.1, 0.15) is 57.1 Å². The van der Waals surface area contributed by atoms with Gasteiger partial charge >= 0.3 is 17.2 Å². The summed E-state index contributed by atoms with van der Waals surface area (Å²) in [6.07, 6.45) is 7.02. The Hall–Kier alpha value is -5.28. The summed E-state index contributed by atoms with van der Waals surface area (Å²) >= 11 is 0. The van der Waals surface area contributed by atoms with Gasteiger partial charge in [0.15, 0.2) is 0 Å². The van der Waals surface area contributed by atoms with E-state index in [1.54, 1.807) is 0 Å². The maximum absolute atomic E-state index is 6.86. The topological polar surface area (TPSA) is 55.4 Å². The monoisotopic (exact) mass is 742 g/mol. The molecule has 6 rings (SSSR count). The molecule has 6 aromatic rings. The second-order valence-corrected chi connectivity index (χ2v) is 13.9. The number of para-hydroxylation sites is 5. The molecule has 0 saturated carbocycles. The fourth-order valence-corrected chi connectivity index (χ4v) is 7.92. The Morgan fingerprint density at radius 3 is 1.28 bits per heavy atom. The number of hydrogen-bond donors (Lipinski definition) is 0. The predicted octanol–water partition coefficient (Wildman–Crippen LogP) is 12.1. The van der Waals surface area contributed by atoms with Crippen LogP contribution < -0.4 is 37.6 Å². The zero-order valence-electron chi connectivity index (χ0n) is 30.2. The smallest absolute Gasteiger partial charge is 0.409 e. The SMILES string of the molecule is CCC=c1ccc(OP(Oc2ccccc2)Oc2ccccc2)c(C(CC)c2ccccc2OP(Oc2ccccc2)Oc2ccccc2)c1=CCC. The van der Waals surface area contributed by atoms with E-state index in [-0.39, 0.29) is 5.92 Å². The molecular formula is C45H44O6P2. The van der Waals surface area contributed by atoms with Crippen LogP contribution in [0.4, 0.5) is 0 Å². The van der Waals surface area contributed by atoms with Crippen molar-refractivity contribution in [2.24, 2.45) is 0 Å². The Bertz CT molecular complexity index is 2030. The molecule has 0 aliphatic heterocycles. The van der Waals surface area contributed by atoms with Gasteiger partial charge in [0.1, 0.15) is 34.5 Å². The molecule has 0 saturated heterocycles. The lowest BCUT2D eigenvalue weighted by Gasteiger charge is -2.26. The first kappa shape index (κ1) is 37.5. The van der Waals surface area contributed by atoms with Gasteiger partial charge in [-0.25, -0.2) is 0 Å². The molecule has 0 spiro atoms. The third-order valence-electron chi connectivity index (χ3n) is 8.20. The number of rotatable bonds is 17. The van der Waals surface area contributed by atoms with E-state index in [4.69, 9.17) is 27.1 Å². The summed E-state index contributed by atoms with van der Waals surface area (Å²) in [5.74, 6) is 3.83. The van der Waals surface area contributed by atoms with Crippen molar-refractivity contribution in [1.29, 1.82) is 0 Å². The molecule has 1 unspecified atom stereocenters. The highest BCUT2D eigenvalue weighted by molar-refractivity contribution is 7.43. The zero-order valence-corrected chi connectivity index (χ0v) is 32.0. The second-order valence-electron chi connectivity index (χ2n) is 12.0. The summed E-state index contributed by atoms with van der Waals surface area (Å²) in [6, 6.07) is 50.7. The Morgan fingerprint density at radius 2 is 0.849 bits per heavy atom. The second kappa shape index (κ2) is 19.5.